The van der Waals surface area contributed by atoms with Crippen LogP contribution in [-0.4, -0.2) is 16.1 Å². The fraction of sp³-hybridized carbons (Fsp3) is 0.455. The van der Waals surface area contributed by atoms with Crippen LogP contribution in [0.4, 0.5) is 0 Å². The summed E-state index contributed by atoms with van der Waals surface area (Å²) in [7, 11) is 0. The zero-order valence-corrected chi connectivity index (χ0v) is 8.53. The summed E-state index contributed by atoms with van der Waals surface area (Å²) in [5.74, 6) is -0.520. The lowest BCUT2D eigenvalue weighted by molar-refractivity contribution is 0.0690. The molecule has 0 unspecified atom stereocenters. The Bertz CT molecular complexity index is 319. The first kappa shape index (κ1) is 10.7. The molecule has 1 aromatic heterocycles. The Balaban J connectivity index is 2.98. The van der Waals surface area contributed by atoms with E-state index in [2.05, 4.69) is 18.8 Å². The molecular formula is C11H15NO2. The first-order valence-corrected chi connectivity index (χ1v) is 4.88. The van der Waals surface area contributed by atoms with Crippen molar-refractivity contribution in [2.75, 3.05) is 0 Å². The molecule has 1 heterocycles. The third-order valence-electron chi connectivity index (χ3n) is 2.46. The van der Waals surface area contributed by atoms with Crippen molar-refractivity contribution in [3.8, 4) is 0 Å². The molecule has 0 aliphatic rings. The van der Waals surface area contributed by atoms with Crippen LogP contribution >= 0.6 is 0 Å². The monoisotopic (exact) mass is 193 g/mol. The van der Waals surface area contributed by atoms with Crippen molar-refractivity contribution in [3.05, 3.63) is 29.6 Å². The van der Waals surface area contributed by atoms with Crippen molar-refractivity contribution in [3.63, 3.8) is 0 Å². The topological polar surface area (TPSA) is 50.2 Å². The lowest BCUT2D eigenvalue weighted by Crippen LogP contribution is -2.03. The largest absolute Gasteiger partial charge is 0.477 e. The molecule has 14 heavy (non-hydrogen) atoms. The third kappa shape index (κ3) is 2.31. The Morgan fingerprint density at radius 1 is 1.50 bits per heavy atom. The second kappa shape index (κ2) is 4.74. The molecule has 0 atom stereocenters. The number of carbonyl (C=O) groups is 1. The molecule has 0 bridgehead atoms. The molecule has 1 rings (SSSR count). The smallest absolute Gasteiger partial charge is 0.354 e. The number of hydrogen-bond acceptors (Lipinski definition) is 2. The molecule has 0 aromatic carbocycles. The lowest BCUT2D eigenvalue weighted by Gasteiger charge is -2.12. The van der Waals surface area contributed by atoms with Crippen molar-refractivity contribution in [1.82, 2.24) is 4.98 Å². The Hall–Kier alpha value is -1.38. The fourth-order valence-corrected chi connectivity index (χ4v) is 1.58. The van der Waals surface area contributed by atoms with E-state index in [0.717, 1.165) is 18.4 Å². The molecule has 3 nitrogen and oxygen atoms in total. The fourth-order valence-electron chi connectivity index (χ4n) is 1.58. The van der Waals surface area contributed by atoms with Gasteiger partial charge in [-0.3, -0.25) is 0 Å². The van der Waals surface area contributed by atoms with Crippen LogP contribution in [0, 0.1) is 0 Å². The number of aromatic nitrogens is 1. The maximum atomic E-state index is 10.7. The van der Waals surface area contributed by atoms with E-state index >= 15 is 0 Å². The average Bonchev–Trinajstić information content (AvgIpc) is 2.20. The summed E-state index contributed by atoms with van der Waals surface area (Å²) < 4.78 is 0. The van der Waals surface area contributed by atoms with Gasteiger partial charge in [0.25, 0.3) is 0 Å². The quantitative estimate of drug-likeness (QED) is 0.799. The second-order valence-electron chi connectivity index (χ2n) is 3.29. The second-order valence-corrected chi connectivity index (χ2v) is 3.29. The van der Waals surface area contributed by atoms with Gasteiger partial charge in [0.15, 0.2) is 0 Å². The van der Waals surface area contributed by atoms with Gasteiger partial charge in [-0.15, -0.1) is 0 Å². The average molecular weight is 193 g/mol. The molecule has 0 spiro atoms. The molecular weight excluding hydrogens is 178 g/mol. The van der Waals surface area contributed by atoms with Gasteiger partial charge in [0.2, 0.25) is 0 Å². The Labute approximate surface area is 83.8 Å². The molecule has 0 fully saturated rings. The minimum Gasteiger partial charge on any atom is -0.477 e. The van der Waals surface area contributed by atoms with Gasteiger partial charge in [-0.05, 0) is 36.5 Å². The third-order valence-corrected chi connectivity index (χ3v) is 2.46. The van der Waals surface area contributed by atoms with Gasteiger partial charge in [-0.2, -0.15) is 0 Å². The number of carboxylic acid groups (broad SMARTS) is 1. The minimum absolute atomic E-state index is 0.134. The maximum Gasteiger partial charge on any atom is 0.354 e. The van der Waals surface area contributed by atoms with E-state index in [1.165, 1.54) is 0 Å². The zero-order chi connectivity index (χ0) is 10.6. The van der Waals surface area contributed by atoms with Gasteiger partial charge in [-0.25, -0.2) is 9.78 Å². The summed E-state index contributed by atoms with van der Waals surface area (Å²) in [4.78, 5) is 14.5. The van der Waals surface area contributed by atoms with Crippen LogP contribution in [0.15, 0.2) is 18.3 Å². The highest BCUT2D eigenvalue weighted by Gasteiger charge is 2.10. The highest BCUT2D eigenvalue weighted by Crippen LogP contribution is 2.22. The van der Waals surface area contributed by atoms with Crippen LogP contribution in [-0.2, 0) is 0 Å². The molecule has 1 N–H and O–H groups in total. The van der Waals surface area contributed by atoms with E-state index in [4.69, 9.17) is 5.11 Å². The van der Waals surface area contributed by atoms with Crippen molar-refractivity contribution in [2.24, 2.45) is 0 Å². The molecule has 0 saturated carbocycles. The number of aromatic carboxylic acids is 1. The van der Waals surface area contributed by atoms with Gasteiger partial charge in [0, 0.05) is 6.20 Å². The number of hydrogen-bond donors (Lipinski definition) is 1. The van der Waals surface area contributed by atoms with Gasteiger partial charge in [0.05, 0.1) is 0 Å². The summed E-state index contributed by atoms with van der Waals surface area (Å²) in [5, 5.41) is 8.77. The normalized spacial score (nSPS) is 10.5. The van der Waals surface area contributed by atoms with E-state index in [1.54, 1.807) is 12.3 Å². The highest BCUT2D eigenvalue weighted by molar-refractivity contribution is 5.85. The number of carboxylic acids is 1. The summed E-state index contributed by atoms with van der Waals surface area (Å²) in [5.41, 5.74) is 1.21. The summed E-state index contributed by atoms with van der Waals surface area (Å²) in [6.45, 7) is 4.21. The van der Waals surface area contributed by atoms with Crippen molar-refractivity contribution in [1.29, 1.82) is 0 Å². The van der Waals surface area contributed by atoms with Gasteiger partial charge in [0.1, 0.15) is 5.69 Å². The van der Waals surface area contributed by atoms with Crippen molar-refractivity contribution in [2.45, 2.75) is 32.6 Å². The van der Waals surface area contributed by atoms with Gasteiger partial charge >= 0.3 is 5.97 Å². The predicted octanol–water partition coefficient (Wildman–Crippen LogP) is 2.68. The summed E-state index contributed by atoms with van der Waals surface area (Å²) in [6, 6.07) is 3.56. The van der Waals surface area contributed by atoms with Crippen LogP contribution in [0.2, 0.25) is 0 Å². The molecule has 3 heteroatoms. The molecule has 76 valence electrons. The van der Waals surface area contributed by atoms with Gasteiger partial charge in [-0.1, -0.05) is 13.8 Å². The summed E-state index contributed by atoms with van der Waals surface area (Å²) >= 11 is 0. The van der Waals surface area contributed by atoms with Crippen LogP contribution in [0.5, 0.6) is 0 Å². The maximum absolute atomic E-state index is 10.7. The number of pyridine rings is 1. The Morgan fingerprint density at radius 3 is 2.64 bits per heavy atom. The van der Waals surface area contributed by atoms with E-state index in [-0.39, 0.29) is 5.69 Å². The first-order chi connectivity index (χ1) is 6.69. The zero-order valence-electron chi connectivity index (χ0n) is 8.53. The Kier molecular flexibility index (Phi) is 3.63. The van der Waals surface area contributed by atoms with Crippen LogP contribution in [0.1, 0.15) is 48.7 Å². The lowest BCUT2D eigenvalue weighted by atomic mass is 9.94. The highest BCUT2D eigenvalue weighted by atomic mass is 16.4. The van der Waals surface area contributed by atoms with E-state index < -0.39 is 5.97 Å². The standard InChI is InChI=1S/C11H15NO2/c1-3-8(4-2)9-5-6-12-10(7-9)11(13)14/h5-8H,3-4H2,1-2H3,(H,13,14). The van der Waals surface area contributed by atoms with Crippen LogP contribution in [0.25, 0.3) is 0 Å². The van der Waals surface area contributed by atoms with Crippen molar-refractivity contribution < 1.29 is 9.90 Å². The first-order valence-electron chi connectivity index (χ1n) is 4.88. The van der Waals surface area contributed by atoms with Crippen LogP contribution in [0.3, 0.4) is 0 Å². The number of nitrogens with zero attached hydrogens (tertiary/aromatic N) is 1. The summed E-state index contributed by atoms with van der Waals surface area (Å²) in [6.07, 6.45) is 3.62. The van der Waals surface area contributed by atoms with Crippen LogP contribution < -0.4 is 0 Å². The molecule has 0 saturated heterocycles. The number of rotatable bonds is 4. The molecule has 0 aliphatic carbocycles. The van der Waals surface area contributed by atoms with E-state index in [9.17, 15) is 4.79 Å². The minimum atomic E-state index is -0.960. The van der Waals surface area contributed by atoms with Crippen molar-refractivity contribution >= 4 is 5.97 Å². The molecule has 0 radical (unpaired) electrons. The molecule has 0 amide bonds. The SMILES string of the molecule is CCC(CC)c1ccnc(C(=O)O)c1. The Morgan fingerprint density at radius 2 is 2.14 bits per heavy atom. The molecule has 1 aromatic rings. The molecule has 0 aliphatic heterocycles. The van der Waals surface area contributed by atoms with Gasteiger partial charge < -0.3 is 5.11 Å². The predicted molar refractivity (Wildman–Crippen MR) is 54.5 cm³/mol. The van der Waals surface area contributed by atoms with E-state index in [1.807, 2.05) is 6.07 Å². The van der Waals surface area contributed by atoms with E-state index in [0.29, 0.717) is 5.92 Å².